The molecule has 0 fully saturated rings. The summed E-state index contributed by atoms with van der Waals surface area (Å²) in [7, 11) is 0. The number of carbonyl (C=O) groups excluding carboxylic acids is 2. The topological polar surface area (TPSA) is 105 Å². The van der Waals surface area contributed by atoms with Gasteiger partial charge in [-0.2, -0.15) is 5.26 Å². The molecule has 0 heterocycles. The van der Waals surface area contributed by atoms with Gasteiger partial charge >= 0.3 is 0 Å². The number of para-hydroxylation sites is 1. The summed E-state index contributed by atoms with van der Waals surface area (Å²) in [5.74, 6) is -1.03. The molecule has 0 aliphatic heterocycles. The van der Waals surface area contributed by atoms with E-state index >= 15 is 0 Å². The lowest BCUT2D eigenvalue weighted by Crippen LogP contribution is -2.22. The molecule has 0 saturated carbocycles. The maximum atomic E-state index is 11.9. The van der Waals surface area contributed by atoms with Crippen LogP contribution in [0.25, 0.3) is 0 Å². The standard InChI is InChI=1S/C16H12ClN3O3/c17-11-5-6-14(12(7-11)16(19)22)23-9-15(21)20-13-4-2-1-3-10(13)8-18/h1-7H,9H2,(H2,19,22)(H,20,21). The molecule has 7 heteroatoms. The van der Waals surface area contributed by atoms with Crippen LogP contribution in [0.3, 0.4) is 0 Å². The van der Waals surface area contributed by atoms with Crippen LogP contribution < -0.4 is 15.8 Å². The highest BCUT2D eigenvalue weighted by Crippen LogP contribution is 2.22. The molecule has 6 nitrogen and oxygen atoms in total. The SMILES string of the molecule is N#Cc1ccccc1NC(=O)COc1ccc(Cl)cc1C(N)=O. The van der Waals surface area contributed by atoms with Gasteiger partial charge in [0.25, 0.3) is 11.8 Å². The van der Waals surface area contributed by atoms with Gasteiger partial charge in [-0.3, -0.25) is 9.59 Å². The fourth-order valence-electron chi connectivity index (χ4n) is 1.84. The van der Waals surface area contributed by atoms with Crippen molar-refractivity contribution >= 4 is 29.1 Å². The number of primary amides is 1. The van der Waals surface area contributed by atoms with Crippen molar-refractivity contribution in [1.29, 1.82) is 5.26 Å². The summed E-state index contributed by atoms with van der Waals surface area (Å²) in [4.78, 5) is 23.3. The molecule has 2 aromatic carbocycles. The molecule has 0 aromatic heterocycles. The van der Waals surface area contributed by atoms with E-state index in [9.17, 15) is 9.59 Å². The Morgan fingerprint density at radius 2 is 2.00 bits per heavy atom. The van der Waals surface area contributed by atoms with Crippen LogP contribution in [0.1, 0.15) is 15.9 Å². The summed E-state index contributed by atoms with van der Waals surface area (Å²) in [5, 5.41) is 11.9. The zero-order chi connectivity index (χ0) is 16.8. The van der Waals surface area contributed by atoms with Gasteiger partial charge in [0.1, 0.15) is 11.8 Å². The van der Waals surface area contributed by atoms with E-state index in [4.69, 9.17) is 27.3 Å². The number of rotatable bonds is 5. The maximum Gasteiger partial charge on any atom is 0.262 e. The second-order valence-corrected chi connectivity index (χ2v) is 4.94. The third kappa shape index (κ3) is 4.22. The first-order valence-electron chi connectivity index (χ1n) is 6.52. The first kappa shape index (κ1) is 16.3. The van der Waals surface area contributed by atoms with E-state index in [1.54, 1.807) is 24.3 Å². The van der Waals surface area contributed by atoms with Crippen molar-refractivity contribution in [3.8, 4) is 11.8 Å². The molecule has 2 rings (SSSR count). The summed E-state index contributed by atoms with van der Waals surface area (Å²) >= 11 is 5.79. The Morgan fingerprint density at radius 3 is 2.70 bits per heavy atom. The Labute approximate surface area is 137 Å². The number of nitriles is 1. The predicted molar refractivity (Wildman–Crippen MR) is 85.3 cm³/mol. The molecule has 0 spiro atoms. The van der Waals surface area contributed by atoms with Crippen molar-refractivity contribution in [2.45, 2.75) is 0 Å². The highest BCUT2D eigenvalue weighted by atomic mass is 35.5. The van der Waals surface area contributed by atoms with Crippen LogP contribution in [-0.4, -0.2) is 18.4 Å². The number of halogens is 1. The first-order chi connectivity index (χ1) is 11.0. The Morgan fingerprint density at radius 1 is 1.26 bits per heavy atom. The molecule has 23 heavy (non-hydrogen) atoms. The van der Waals surface area contributed by atoms with Crippen LogP contribution in [0.5, 0.6) is 5.75 Å². The van der Waals surface area contributed by atoms with Gasteiger partial charge in [0.05, 0.1) is 16.8 Å². The second kappa shape index (κ2) is 7.29. The quantitative estimate of drug-likeness (QED) is 0.878. The van der Waals surface area contributed by atoms with Crippen LogP contribution in [0.2, 0.25) is 5.02 Å². The number of benzene rings is 2. The van der Waals surface area contributed by atoms with Crippen LogP contribution in [0, 0.1) is 11.3 Å². The number of carbonyl (C=O) groups is 2. The van der Waals surface area contributed by atoms with Gasteiger partial charge in [0.15, 0.2) is 6.61 Å². The number of hydrogen-bond acceptors (Lipinski definition) is 4. The predicted octanol–water partition coefficient (Wildman–Crippen LogP) is 2.33. The molecule has 3 N–H and O–H groups in total. The minimum Gasteiger partial charge on any atom is -0.483 e. The zero-order valence-electron chi connectivity index (χ0n) is 11.9. The molecule has 0 saturated heterocycles. The average Bonchev–Trinajstić information content (AvgIpc) is 2.54. The minimum atomic E-state index is -0.710. The molecular formula is C16H12ClN3O3. The molecule has 0 radical (unpaired) electrons. The highest BCUT2D eigenvalue weighted by Gasteiger charge is 2.12. The molecule has 2 amide bonds. The normalized spacial score (nSPS) is 9.74. The fraction of sp³-hybridized carbons (Fsp3) is 0.0625. The van der Waals surface area contributed by atoms with Gasteiger partial charge in [0, 0.05) is 5.02 Å². The number of amides is 2. The Balaban J connectivity index is 2.06. The molecule has 2 aromatic rings. The van der Waals surface area contributed by atoms with Crippen molar-refractivity contribution in [2.24, 2.45) is 5.73 Å². The van der Waals surface area contributed by atoms with Crippen LogP contribution in [0.4, 0.5) is 5.69 Å². The van der Waals surface area contributed by atoms with E-state index in [2.05, 4.69) is 5.32 Å². The van der Waals surface area contributed by atoms with Gasteiger partial charge in [-0.15, -0.1) is 0 Å². The fourth-order valence-corrected chi connectivity index (χ4v) is 2.01. The van der Waals surface area contributed by atoms with Crippen molar-refractivity contribution in [3.63, 3.8) is 0 Å². The lowest BCUT2D eigenvalue weighted by Gasteiger charge is -2.11. The van der Waals surface area contributed by atoms with E-state index in [-0.39, 0.29) is 17.9 Å². The van der Waals surface area contributed by atoms with E-state index < -0.39 is 11.8 Å². The minimum absolute atomic E-state index is 0.0859. The summed E-state index contributed by atoms with van der Waals surface area (Å²) in [6.45, 7) is -0.346. The monoisotopic (exact) mass is 329 g/mol. The number of nitrogens with zero attached hydrogens (tertiary/aromatic N) is 1. The number of ether oxygens (including phenoxy) is 1. The van der Waals surface area contributed by atoms with Gasteiger partial charge in [-0.1, -0.05) is 23.7 Å². The summed E-state index contributed by atoms with van der Waals surface area (Å²) in [6.07, 6.45) is 0. The zero-order valence-corrected chi connectivity index (χ0v) is 12.6. The number of nitrogens with one attached hydrogen (secondary N) is 1. The molecule has 0 unspecified atom stereocenters. The molecule has 0 atom stereocenters. The summed E-state index contributed by atoms with van der Waals surface area (Å²) in [6, 6.07) is 12.9. The number of nitrogens with two attached hydrogens (primary N) is 1. The van der Waals surface area contributed by atoms with Crippen LogP contribution >= 0.6 is 11.6 Å². The molecule has 0 aliphatic rings. The van der Waals surface area contributed by atoms with Crippen molar-refractivity contribution in [3.05, 3.63) is 58.6 Å². The number of anilines is 1. The van der Waals surface area contributed by atoms with Crippen molar-refractivity contribution in [2.75, 3.05) is 11.9 Å². The Hall–Kier alpha value is -3.04. The second-order valence-electron chi connectivity index (χ2n) is 4.50. The number of hydrogen-bond donors (Lipinski definition) is 2. The van der Waals surface area contributed by atoms with E-state index in [1.165, 1.54) is 18.2 Å². The van der Waals surface area contributed by atoms with Gasteiger partial charge in [0.2, 0.25) is 0 Å². The molecular weight excluding hydrogens is 318 g/mol. The molecule has 0 bridgehead atoms. The molecule has 0 aliphatic carbocycles. The Bertz CT molecular complexity index is 799. The van der Waals surface area contributed by atoms with Crippen LogP contribution in [-0.2, 0) is 4.79 Å². The highest BCUT2D eigenvalue weighted by molar-refractivity contribution is 6.31. The van der Waals surface area contributed by atoms with Crippen molar-refractivity contribution in [1.82, 2.24) is 0 Å². The Kier molecular flexibility index (Phi) is 5.18. The largest absolute Gasteiger partial charge is 0.483 e. The van der Waals surface area contributed by atoms with Crippen molar-refractivity contribution < 1.29 is 14.3 Å². The lowest BCUT2D eigenvalue weighted by molar-refractivity contribution is -0.118. The van der Waals surface area contributed by atoms with E-state index in [0.717, 1.165) is 0 Å². The van der Waals surface area contributed by atoms with Gasteiger partial charge in [-0.25, -0.2) is 0 Å². The van der Waals surface area contributed by atoms with Gasteiger partial charge in [-0.05, 0) is 30.3 Å². The average molecular weight is 330 g/mol. The summed E-state index contributed by atoms with van der Waals surface area (Å²) in [5.41, 5.74) is 6.05. The summed E-state index contributed by atoms with van der Waals surface area (Å²) < 4.78 is 5.31. The smallest absolute Gasteiger partial charge is 0.262 e. The first-order valence-corrected chi connectivity index (χ1v) is 6.90. The van der Waals surface area contributed by atoms with E-state index in [0.29, 0.717) is 16.3 Å². The maximum absolute atomic E-state index is 11.9. The third-order valence-electron chi connectivity index (χ3n) is 2.89. The van der Waals surface area contributed by atoms with Crippen LogP contribution in [0.15, 0.2) is 42.5 Å². The third-order valence-corrected chi connectivity index (χ3v) is 3.12. The molecule has 116 valence electrons. The lowest BCUT2D eigenvalue weighted by atomic mass is 10.2. The van der Waals surface area contributed by atoms with Gasteiger partial charge < -0.3 is 15.8 Å². The van der Waals surface area contributed by atoms with E-state index in [1.807, 2.05) is 6.07 Å².